The zero-order valence-electron chi connectivity index (χ0n) is 18.3. The average molecular weight is 398 g/mol. The van der Waals surface area contributed by atoms with E-state index in [1.807, 2.05) is 31.5 Å². The summed E-state index contributed by atoms with van der Waals surface area (Å²) in [5, 5.41) is 8.12. The molecule has 2 rings (SSSR count). The lowest BCUT2D eigenvalue weighted by Gasteiger charge is -2.23. The predicted octanol–water partition coefficient (Wildman–Crippen LogP) is 5.45. The first-order valence-corrected chi connectivity index (χ1v) is 9.75. The summed E-state index contributed by atoms with van der Waals surface area (Å²) in [4.78, 5) is 4.50. The Balaban J connectivity index is 2.32. The number of nitrogen functional groups attached to an aromatic ring is 1. The van der Waals surface area contributed by atoms with Gasteiger partial charge in [-0.3, -0.25) is 0 Å². The minimum Gasteiger partial charge on any atom is -0.399 e. The lowest BCUT2D eigenvalue weighted by atomic mass is 10.1. The Labute approximate surface area is 173 Å². The monoisotopic (exact) mass is 397 g/mol. The Morgan fingerprint density at radius 3 is 2.52 bits per heavy atom. The summed E-state index contributed by atoms with van der Waals surface area (Å²) in [5.41, 5.74) is 9.50. The molecule has 0 unspecified atom stereocenters. The van der Waals surface area contributed by atoms with Gasteiger partial charge in [-0.05, 0) is 83.7 Å². The van der Waals surface area contributed by atoms with E-state index in [2.05, 4.69) is 37.7 Å². The van der Waals surface area contributed by atoms with Gasteiger partial charge in [0.1, 0.15) is 17.5 Å². The third-order valence-electron chi connectivity index (χ3n) is 4.22. The first kappa shape index (κ1) is 22.4. The van der Waals surface area contributed by atoms with Gasteiger partial charge < -0.3 is 11.1 Å². The molecule has 0 fully saturated rings. The largest absolute Gasteiger partial charge is 0.399 e. The predicted molar refractivity (Wildman–Crippen MR) is 121 cm³/mol. The zero-order chi connectivity index (χ0) is 21.8. The first-order valence-electron chi connectivity index (χ1n) is 9.75. The number of nitrogens with one attached hydrogen (secondary N) is 1. The fraction of sp³-hybridized carbons (Fsp3) is 0.391. The van der Waals surface area contributed by atoms with E-state index in [0.29, 0.717) is 29.9 Å². The second-order valence-corrected chi connectivity index (χ2v) is 8.54. The van der Waals surface area contributed by atoms with E-state index < -0.39 is 0 Å². The van der Waals surface area contributed by atoms with Crippen molar-refractivity contribution in [2.45, 2.75) is 59.9 Å². The minimum absolute atomic E-state index is 0.236. The first-order chi connectivity index (χ1) is 13.5. The molecule has 0 radical (unpaired) electrons. The molecule has 0 saturated carbocycles. The molecule has 6 heteroatoms. The van der Waals surface area contributed by atoms with Crippen molar-refractivity contribution in [3.8, 4) is 0 Å². The lowest BCUT2D eigenvalue weighted by Crippen LogP contribution is -2.27. The summed E-state index contributed by atoms with van der Waals surface area (Å²) >= 11 is 0. The highest BCUT2D eigenvalue weighted by Gasteiger charge is 2.21. The molecule has 0 spiro atoms. The molecule has 5 nitrogen and oxygen atoms in total. The quantitative estimate of drug-likeness (QED) is 0.387. The van der Waals surface area contributed by atoms with Crippen LogP contribution >= 0.6 is 0 Å². The molecule has 0 atom stereocenters. The summed E-state index contributed by atoms with van der Waals surface area (Å²) in [7, 11) is 0. The normalized spacial score (nSPS) is 12.0. The van der Waals surface area contributed by atoms with Crippen LogP contribution in [0.1, 0.15) is 52.8 Å². The van der Waals surface area contributed by atoms with Crippen LogP contribution in [0.2, 0.25) is 0 Å². The standard InChI is InChI=1S/C23H32FN5/c1-15(2)14-26-22(16(3)4)27-21-13-19(28-29(21)23(5,6)7)10-8-17-12-18(25)9-11-20(17)24/h9,11-14H,3,8,10,25H2,1-2,4-7H3,(H,26,27). The number of halogens is 1. The SMILES string of the molecule is C=C(C)C(=NC=C(C)C)Nc1cc(CCc2cc(N)ccc2F)nn1C(C)(C)C. The molecule has 0 aliphatic carbocycles. The van der Waals surface area contributed by atoms with E-state index in [9.17, 15) is 4.39 Å². The number of hydrogen-bond acceptors (Lipinski definition) is 3. The van der Waals surface area contributed by atoms with E-state index in [4.69, 9.17) is 10.8 Å². The van der Waals surface area contributed by atoms with Gasteiger partial charge in [0.05, 0.1) is 11.2 Å². The Morgan fingerprint density at radius 2 is 1.93 bits per heavy atom. The topological polar surface area (TPSA) is 68.2 Å². The second-order valence-electron chi connectivity index (χ2n) is 8.54. The molecule has 3 N–H and O–H groups in total. The van der Waals surface area contributed by atoms with Crippen molar-refractivity contribution < 1.29 is 4.39 Å². The molecule has 2 aromatic rings. The average Bonchev–Trinajstić information content (AvgIpc) is 3.02. The van der Waals surface area contributed by atoms with Crippen molar-refractivity contribution in [3.05, 3.63) is 65.3 Å². The fourth-order valence-electron chi connectivity index (χ4n) is 2.77. The Morgan fingerprint density at radius 1 is 1.24 bits per heavy atom. The van der Waals surface area contributed by atoms with Crippen molar-refractivity contribution in [3.63, 3.8) is 0 Å². The Bertz CT molecular complexity index is 941. The number of rotatable bonds is 6. The summed E-state index contributed by atoms with van der Waals surface area (Å²) in [6, 6.07) is 6.64. The maximum absolute atomic E-state index is 14.0. The zero-order valence-corrected chi connectivity index (χ0v) is 18.3. The number of anilines is 2. The number of nitrogens with two attached hydrogens (primary N) is 1. The van der Waals surface area contributed by atoms with E-state index in [0.717, 1.165) is 22.7 Å². The number of hydrogen-bond donors (Lipinski definition) is 2. The highest BCUT2D eigenvalue weighted by molar-refractivity contribution is 6.07. The summed E-state index contributed by atoms with van der Waals surface area (Å²) in [5.74, 6) is 1.26. The van der Waals surface area contributed by atoms with E-state index in [1.54, 1.807) is 18.3 Å². The molecule has 29 heavy (non-hydrogen) atoms. The molecule has 0 bridgehead atoms. The summed E-state index contributed by atoms with van der Waals surface area (Å²) in [6.07, 6.45) is 2.93. The van der Waals surface area contributed by atoms with Gasteiger partial charge in [-0.1, -0.05) is 12.2 Å². The molecule has 1 aromatic carbocycles. The Hall–Kier alpha value is -2.89. The van der Waals surface area contributed by atoms with Crippen molar-refractivity contribution in [1.29, 1.82) is 0 Å². The van der Waals surface area contributed by atoms with Gasteiger partial charge in [-0.2, -0.15) is 5.10 Å². The van der Waals surface area contributed by atoms with Crippen LogP contribution in [0.25, 0.3) is 0 Å². The van der Waals surface area contributed by atoms with Gasteiger partial charge in [0.15, 0.2) is 0 Å². The van der Waals surface area contributed by atoms with Crippen LogP contribution in [0.3, 0.4) is 0 Å². The lowest BCUT2D eigenvalue weighted by molar-refractivity contribution is 0.359. The van der Waals surface area contributed by atoms with Crippen LogP contribution in [0.15, 0.2) is 53.2 Å². The molecular formula is C23H32FN5. The van der Waals surface area contributed by atoms with Gasteiger partial charge in [0.25, 0.3) is 0 Å². The number of aliphatic imine (C=N–C) groups is 1. The van der Waals surface area contributed by atoms with E-state index in [-0.39, 0.29) is 11.4 Å². The summed E-state index contributed by atoms with van der Waals surface area (Å²) < 4.78 is 16.0. The number of nitrogens with zero attached hydrogens (tertiary/aromatic N) is 3. The molecule has 0 aliphatic rings. The molecular weight excluding hydrogens is 365 g/mol. The number of aromatic nitrogens is 2. The van der Waals surface area contributed by atoms with Crippen molar-refractivity contribution in [2.75, 3.05) is 11.1 Å². The molecule has 0 amide bonds. The second kappa shape index (κ2) is 9.07. The van der Waals surface area contributed by atoms with E-state index in [1.165, 1.54) is 6.07 Å². The van der Waals surface area contributed by atoms with Gasteiger partial charge in [0, 0.05) is 18.0 Å². The smallest absolute Gasteiger partial charge is 0.133 e. The molecule has 0 aliphatic heterocycles. The maximum atomic E-state index is 14.0. The highest BCUT2D eigenvalue weighted by atomic mass is 19.1. The van der Waals surface area contributed by atoms with Crippen LogP contribution < -0.4 is 11.1 Å². The van der Waals surface area contributed by atoms with Crippen molar-refractivity contribution in [1.82, 2.24) is 9.78 Å². The number of allylic oxidation sites excluding steroid dienone is 1. The summed E-state index contributed by atoms with van der Waals surface area (Å²) in [6.45, 7) is 16.2. The van der Waals surface area contributed by atoms with Gasteiger partial charge in [-0.15, -0.1) is 0 Å². The number of amidine groups is 1. The third-order valence-corrected chi connectivity index (χ3v) is 4.22. The van der Waals surface area contributed by atoms with Crippen molar-refractivity contribution in [2.24, 2.45) is 4.99 Å². The molecule has 156 valence electrons. The number of benzene rings is 1. The molecule has 1 aromatic heterocycles. The van der Waals surface area contributed by atoms with E-state index >= 15 is 0 Å². The molecule has 0 saturated heterocycles. The van der Waals surface area contributed by atoms with Crippen LogP contribution in [0, 0.1) is 5.82 Å². The van der Waals surface area contributed by atoms with Crippen LogP contribution in [0.5, 0.6) is 0 Å². The van der Waals surface area contributed by atoms with Crippen LogP contribution in [-0.2, 0) is 18.4 Å². The minimum atomic E-state index is -0.244. The Kier molecular flexibility index (Phi) is 7.01. The van der Waals surface area contributed by atoms with Crippen LogP contribution in [0.4, 0.5) is 15.9 Å². The third kappa shape index (κ3) is 6.31. The molecule has 1 heterocycles. The fourth-order valence-corrected chi connectivity index (χ4v) is 2.77. The maximum Gasteiger partial charge on any atom is 0.133 e. The van der Waals surface area contributed by atoms with Gasteiger partial charge >= 0.3 is 0 Å². The highest BCUT2D eigenvalue weighted by Crippen LogP contribution is 2.23. The van der Waals surface area contributed by atoms with Crippen LogP contribution in [-0.4, -0.2) is 15.6 Å². The van der Waals surface area contributed by atoms with Crippen molar-refractivity contribution >= 4 is 17.3 Å². The van der Waals surface area contributed by atoms with Gasteiger partial charge in [0.2, 0.25) is 0 Å². The van der Waals surface area contributed by atoms with Gasteiger partial charge in [-0.25, -0.2) is 14.1 Å². The number of aryl methyl sites for hydroxylation is 2.